The van der Waals surface area contributed by atoms with Gasteiger partial charge in [0.25, 0.3) is 0 Å². The molecule has 0 aliphatic heterocycles. The summed E-state index contributed by atoms with van der Waals surface area (Å²) in [6, 6.07) is 0.210. The molecule has 15 heavy (non-hydrogen) atoms. The first-order valence-electron chi connectivity index (χ1n) is 5.29. The summed E-state index contributed by atoms with van der Waals surface area (Å²) in [5.41, 5.74) is 0. The lowest BCUT2D eigenvalue weighted by molar-refractivity contribution is -0.120. The number of likely N-dealkylation sites (N-methyl/N-ethyl adjacent to an activating group) is 1. The Morgan fingerprint density at radius 3 is 2.53 bits per heavy atom. The first-order valence-corrected chi connectivity index (χ1v) is 5.73. The number of hydrogen-bond donors (Lipinski definition) is 2. The van der Waals surface area contributed by atoms with Gasteiger partial charge in [-0.25, -0.2) is 0 Å². The molecule has 0 aliphatic rings. The number of carbonyl (C=O) groups excluding carboxylic acids is 1. The van der Waals surface area contributed by atoms with Gasteiger partial charge < -0.3 is 10.4 Å². The summed E-state index contributed by atoms with van der Waals surface area (Å²) in [7, 11) is 0. The molecule has 0 aliphatic carbocycles. The highest BCUT2D eigenvalue weighted by Gasteiger charge is 2.14. The molecule has 0 aromatic rings. The molecule has 1 amide bonds. The summed E-state index contributed by atoms with van der Waals surface area (Å²) in [5, 5.41) is 11.1. The average molecular weight is 237 g/mol. The molecule has 4 nitrogen and oxygen atoms in total. The molecule has 0 bridgehead atoms. The van der Waals surface area contributed by atoms with Crippen molar-refractivity contribution < 1.29 is 9.90 Å². The fourth-order valence-electron chi connectivity index (χ4n) is 1.34. The Morgan fingerprint density at radius 1 is 1.53 bits per heavy atom. The van der Waals surface area contributed by atoms with Crippen LogP contribution in [0.2, 0.25) is 0 Å². The minimum Gasteiger partial charge on any atom is -0.395 e. The fourth-order valence-corrected chi connectivity index (χ4v) is 1.41. The molecule has 0 saturated carbocycles. The number of halogens is 1. The summed E-state index contributed by atoms with van der Waals surface area (Å²) < 4.78 is 0. The zero-order chi connectivity index (χ0) is 11.8. The van der Waals surface area contributed by atoms with Gasteiger partial charge >= 0.3 is 0 Å². The van der Waals surface area contributed by atoms with E-state index in [1.165, 1.54) is 0 Å². The maximum absolute atomic E-state index is 11.2. The summed E-state index contributed by atoms with van der Waals surface area (Å²) >= 11 is 5.62. The molecule has 2 N–H and O–H groups in total. The Balaban J connectivity index is 3.89. The molecule has 0 aromatic heterocycles. The van der Waals surface area contributed by atoms with E-state index in [0.29, 0.717) is 13.1 Å². The summed E-state index contributed by atoms with van der Waals surface area (Å²) in [4.78, 5) is 13.3. The van der Waals surface area contributed by atoms with Crippen LogP contribution in [0, 0.1) is 0 Å². The number of aliphatic hydroxyl groups is 1. The SMILES string of the molecule is CCN(CCO)C(C)CNC(=O)C(C)Cl. The molecule has 0 rings (SSSR count). The second-order valence-corrected chi connectivity index (χ2v) is 4.22. The number of hydrogen-bond acceptors (Lipinski definition) is 3. The smallest absolute Gasteiger partial charge is 0.237 e. The molecule has 5 heteroatoms. The van der Waals surface area contributed by atoms with E-state index in [0.717, 1.165) is 6.54 Å². The molecule has 2 unspecified atom stereocenters. The van der Waals surface area contributed by atoms with E-state index in [2.05, 4.69) is 10.2 Å². The molecule has 0 aromatic carbocycles. The van der Waals surface area contributed by atoms with Crippen LogP contribution in [-0.2, 0) is 4.79 Å². The van der Waals surface area contributed by atoms with E-state index in [9.17, 15) is 4.79 Å². The van der Waals surface area contributed by atoms with Crippen molar-refractivity contribution in [1.82, 2.24) is 10.2 Å². The van der Waals surface area contributed by atoms with Crippen LogP contribution in [0.5, 0.6) is 0 Å². The third-order valence-electron chi connectivity index (χ3n) is 2.35. The number of carbonyl (C=O) groups is 1. The molecular weight excluding hydrogens is 216 g/mol. The van der Waals surface area contributed by atoms with Crippen LogP contribution >= 0.6 is 11.6 Å². The van der Waals surface area contributed by atoms with Gasteiger partial charge in [-0.3, -0.25) is 9.69 Å². The van der Waals surface area contributed by atoms with Gasteiger partial charge in [0, 0.05) is 19.1 Å². The Morgan fingerprint density at radius 2 is 2.13 bits per heavy atom. The van der Waals surface area contributed by atoms with Gasteiger partial charge in [-0.1, -0.05) is 6.92 Å². The predicted molar refractivity (Wildman–Crippen MR) is 62.1 cm³/mol. The van der Waals surface area contributed by atoms with Gasteiger partial charge in [0.15, 0.2) is 0 Å². The van der Waals surface area contributed by atoms with Gasteiger partial charge in [0.2, 0.25) is 5.91 Å². The van der Waals surface area contributed by atoms with Gasteiger partial charge in [0.1, 0.15) is 5.38 Å². The van der Waals surface area contributed by atoms with E-state index in [4.69, 9.17) is 16.7 Å². The van der Waals surface area contributed by atoms with Crippen LogP contribution in [-0.4, -0.2) is 53.6 Å². The highest BCUT2D eigenvalue weighted by molar-refractivity contribution is 6.30. The third kappa shape index (κ3) is 5.97. The van der Waals surface area contributed by atoms with E-state index in [1.54, 1.807) is 6.92 Å². The number of aliphatic hydroxyl groups excluding tert-OH is 1. The second-order valence-electron chi connectivity index (χ2n) is 3.56. The molecule has 0 saturated heterocycles. The maximum Gasteiger partial charge on any atom is 0.237 e. The number of nitrogens with zero attached hydrogens (tertiary/aromatic N) is 1. The molecule has 2 atom stereocenters. The second kappa shape index (κ2) is 7.91. The van der Waals surface area contributed by atoms with Gasteiger partial charge in [-0.2, -0.15) is 0 Å². The number of alkyl halides is 1. The Labute approximate surface area is 96.6 Å². The molecule has 90 valence electrons. The maximum atomic E-state index is 11.2. The van der Waals surface area contributed by atoms with Crippen LogP contribution in [0.15, 0.2) is 0 Å². The fraction of sp³-hybridized carbons (Fsp3) is 0.900. The molecule has 0 radical (unpaired) electrons. The summed E-state index contributed by atoms with van der Waals surface area (Å²) in [6.45, 7) is 7.86. The largest absolute Gasteiger partial charge is 0.395 e. The predicted octanol–water partition coefficient (Wildman–Crippen LogP) is 0.433. The zero-order valence-electron chi connectivity index (χ0n) is 9.66. The Kier molecular flexibility index (Phi) is 7.74. The van der Waals surface area contributed by atoms with Crippen molar-refractivity contribution in [3.8, 4) is 0 Å². The van der Waals surface area contributed by atoms with E-state index < -0.39 is 5.38 Å². The Hall–Kier alpha value is -0.320. The van der Waals surface area contributed by atoms with Crippen molar-refractivity contribution in [2.45, 2.75) is 32.2 Å². The summed E-state index contributed by atoms with van der Waals surface area (Å²) in [5.74, 6) is -0.149. The molecule has 0 heterocycles. The standard InChI is InChI=1S/C10H21ClN2O2/c1-4-13(5-6-14)8(2)7-12-10(15)9(3)11/h8-9,14H,4-7H2,1-3H3,(H,12,15). The minimum absolute atomic E-state index is 0.137. The minimum atomic E-state index is -0.495. The van der Waals surface area contributed by atoms with Gasteiger partial charge in [-0.15, -0.1) is 11.6 Å². The highest BCUT2D eigenvalue weighted by atomic mass is 35.5. The molecule has 0 spiro atoms. The van der Waals surface area contributed by atoms with E-state index in [1.807, 2.05) is 13.8 Å². The molecular formula is C10H21ClN2O2. The van der Waals surface area contributed by atoms with Crippen LogP contribution in [0.1, 0.15) is 20.8 Å². The lowest BCUT2D eigenvalue weighted by atomic mass is 10.2. The average Bonchev–Trinajstić information content (AvgIpc) is 2.21. The Bertz CT molecular complexity index is 188. The van der Waals surface area contributed by atoms with Crippen molar-refractivity contribution in [2.75, 3.05) is 26.2 Å². The highest BCUT2D eigenvalue weighted by Crippen LogP contribution is 1.98. The number of rotatable bonds is 7. The number of nitrogens with one attached hydrogen (secondary N) is 1. The van der Waals surface area contributed by atoms with Crippen molar-refractivity contribution in [2.24, 2.45) is 0 Å². The third-order valence-corrected chi connectivity index (χ3v) is 2.55. The number of amides is 1. The van der Waals surface area contributed by atoms with Crippen LogP contribution < -0.4 is 5.32 Å². The van der Waals surface area contributed by atoms with Gasteiger partial charge in [-0.05, 0) is 20.4 Å². The van der Waals surface area contributed by atoms with Crippen LogP contribution in [0.25, 0.3) is 0 Å². The monoisotopic (exact) mass is 236 g/mol. The van der Waals surface area contributed by atoms with Crippen LogP contribution in [0.4, 0.5) is 0 Å². The quantitative estimate of drug-likeness (QED) is 0.631. The van der Waals surface area contributed by atoms with E-state index >= 15 is 0 Å². The lowest BCUT2D eigenvalue weighted by Gasteiger charge is -2.27. The van der Waals surface area contributed by atoms with Crippen molar-refractivity contribution in [3.63, 3.8) is 0 Å². The van der Waals surface area contributed by atoms with Crippen molar-refractivity contribution >= 4 is 17.5 Å². The zero-order valence-corrected chi connectivity index (χ0v) is 10.4. The first-order chi connectivity index (χ1) is 7.02. The van der Waals surface area contributed by atoms with E-state index in [-0.39, 0.29) is 18.6 Å². The lowest BCUT2D eigenvalue weighted by Crippen LogP contribution is -2.44. The van der Waals surface area contributed by atoms with Crippen molar-refractivity contribution in [3.05, 3.63) is 0 Å². The van der Waals surface area contributed by atoms with Crippen molar-refractivity contribution in [1.29, 1.82) is 0 Å². The molecule has 0 fully saturated rings. The normalized spacial score (nSPS) is 15.1. The van der Waals surface area contributed by atoms with Gasteiger partial charge in [0.05, 0.1) is 6.61 Å². The van der Waals surface area contributed by atoms with Crippen LogP contribution in [0.3, 0.4) is 0 Å². The topological polar surface area (TPSA) is 52.6 Å². The first kappa shape index (κ1) is 14.7. The summed E-state index contributed by atoms with van der Waals surface area (Å²) in [6.07, 6.45) is 0.